The molecule has 1 saturated heterocycles. The number of hydrogen-bond donors (Lipinski definition) is 1. The highest BCUT2D eigenvalue weighted by molar-refractivity contribution is 6.11. The first-order valence-electron chi connectivity index (χ1n) is 10.5. The fourth-order valence-electron chi connectivity index (χ4n) is 3.84. The number of piperazine rings is 1. The molecule has 1 aliphatic rings. The highest BCUT2D eigenvalue weighted by atomic mass is 19.1. The maximum absolute atomic E-state index is 13.1. The fraction of sp³-hybridized carbons (Fsp3) is 0.240. The summed E-state index contributed by atoms with van der Waals surface area (Å²) in [5.41, 5.74) is 2.63. The molecule has 1 aliphatic heterocycles. The lowest BCUT2D eigenvalue weighted by molar-refractivity contribution is 0.0645. The Kier molecular flexibility index (Phi) is 6.48. The molecule has 4 aromatic rings. The van der Waals surface area contributed by atoms with Gasteiger partial charge in [-0.25, -0.2) is 4.39 Å². The van der Waals surface area contributed by atoms with E-state index in [2.05, 4.69) is 16.8 Å². The Labute approximate surface area is 181 Å². The molecule has 6 heteroatoms. The molecule has 0 radical (unpaired) electrons. The van der Waals surface area contributed by atoms with Crippen LogP contribution >= 0.6 is 0 Å². The van der Waals surface area contributed by atoms with Crippen LogP contribution in [0.15, 0.2) is 77.5 Å². The molecule has 0 saturated carbocycles. The molecular weight excluding hydrogens is 393 g/mol. The first kappa shape index (κ1) is 20.9. The van der Waals surface area contributed by atoms with E-state index in [4.69, 9.17) is 4.42 Å². The molecule has 1 amide bonds. The number of rotatable bonds is 3. The predicted molar refractivity (Wildman–Crippen MR) is 120 cm³/mol. The Morgan fingerprint density at radius 1 is 1.00 bits per heavy atom. The number of halogens is 1. The molecule has 1 N–H and O–H groups in total. The van der Waals surface area contributed by atoms with Crippen molar-refractivity contribution in [2.45, 2.75) is 6.92 Å². The zero-order valence-corrected chi connectivity index (χ0v) is 17.6. The van der Waals surface area contributed by atoms with Crippen LogP contribution in [0.4, 0.5) is 4.39 Å². The molecule has 0 bridgehead atoms. The van der Waals surface area contributed by atoms with Crippen LogP contribution in [0.1, 0.15) is 17.3 Å². The third kappa shape index (κ3) is 4.70. The molecule has 5 rings (SSSR count). The molecule has 31 heavy (non-hydrogen) atoms. The average Bonchev–Trinajstić information content (AvgIpc) is 3.49. The number of nitrogens with zero attached hydrogens (tertiary/aromatic N) is 2. The summed E-state index contributed by atoms with van der Waals surface area (Å²) in [6.07, 6.45) is 3.57. The van der Waals surface area contributed by atoms with Gasteiger partial charge < -0.3 is 19.2 Å². The number of aromatic nitrogens is 1. The van der Waals surface area contributed by atoms with Gasteiger partial charge in [0.05, 0.1) is 6.26 Å². The first-order chi connectivity index (χ1) is 15.2. The summed E-state index contributed by atoms with van der Waals surface area (Å²) in [5.74, 6) is 0.698. The van der Waals surface area contributed by atoms with Crippen LogP contribution in [0.3, 0.4) is 0 Å². The van der Waals surface area contributed by atoms with Gasteiger partial charge in [0, 0.05) is 54.4 Å². The lowest BCUT2D eigenvalue weighted by Crippen LogP contribution is -2.48. The number of aromatic amines is 1. The number of nitrogens with one attached hydrogen (secondary N) is 1. The molecule has 1 fully saturated rings. The highest BCUT2D eigenvalue weighted by Crippen LogP contribution is 2.32. The number of H-pyrrole nitrogens is 1. The minimum Gasteiger partial charge on any atom is -0.464 e. The molecule has 2 aromatic heterocycles. The number of likely N-dealkylation sites (N-methyl/N-ethyl adjacent to an activating group) is 1. The van der Waals surface area contributed by atoms with Crippen molar-refractivity contribution in [3.63, 3.8) is 0 Å². The van der Waals surface area contributed by atoms with Crippen molar-refractivity contribution in [1.29, 1.82) is 0 Å². The summed E-state index contributed by atoms with van der Waals surface area (Å²) in [4.78, 5) is 20.7. The van der Waals surface area contributed by atoms with Crippen molar-refractivity contribution in [3.8, 4) is 11.3 Å². The van der Waals surface area contributed by atoms with Crippen LogP contribution in [-0.4, -0.2) is 53.4 Å². The van der Waals surface area contributed by atoms with E-state index in [1.165, 1.54) is 12.1 Å². The number of carbonyl (C=O) groups is 1. The van der Waals surface area contributed by atoms with Crippen molar-refractivity contribution >= 4 is 16.8 Å². The number of fused-ring (bicyclic) bond motifs is 1. The number of hydrogen-bond acceptors (Lipinski definition) is 3. The van der Waals surface area contributed by atoms with E-state index in [0.717, 1.165) is 60.5 Å². The summed E-state index contributed by atoms with van der Waals surface area (Å²) >= 11 is 0. The van der Waals surface area contributed by atoms with Crippen molar-refractivity contribution in [3.05, 3.63) is 84.5 Å². The molecule has 3 heterocycles. The van der Waals surface area contributed by atoms with Crippen molar-refractivity contribution in [2.75, 3.05) is 32.7 Å². The lowest BCUT2D eigenvalue weighted by atomic mass is 10.0. The van der Waals surface area contributed by atoms with Gasteiger partial charge in [-0.3, -0.25) is 4.79 Å². The van der Waals surface area contributed by atoms with Gasteiger partial charge in [0.2, 0.25) is 0 Å². The number of benzene rings is 2. The zero-order chi connectivity index (χ0) is 21.6. The Hall–Kier alpha value is -3.38. The maximum atomic E-state index is 13.1. The molecule has 160 valence electrons. The summed E-state index contributed by atoms with van der Waals surface area (Å²) < 4.78 is 17.4. The van der Waals surface area contributed by atoms with Crippen LogP contribution in [0.25, 0.3) is 22.2 Å². The van der Waals surface area contributed by atoms with E-state index in [9.17, 15) is 9.18 Å². The second-order valence-electron chi connectivity index (χ2n) is 7.43. The standard InChI is InChI=1S/C19H21N3O2.C6H5F/c1-2-21-8-10-22(11-9-21)19(23)14-5-3-6-16-18(14)15(13-20-16)17-7-4-12-24-17;7-6-4-2-1-3-5-6/h3-7,12-13,20H,2,8-11H2,1H3;1-5H. The van der Waals surface area contributed by atoms with Crippen LogP contribution in [0, 0.1) is 5.82 Å². The summed E-state index contributed by atoms with van der Waals surface area (Å²) in [7, 11) is 0. The Morgan fingerprint density at radius 2 is 1.77 bits per heavy atom. The molecule has 5 nitrogen and oxygen atoms in total. The van der Waals surface area contributed by atoms with Crippen molar-refractivity contribution < 1.29 is 13.6 Å². The molecule has 0 atom stereocenters. The molecule has 2 aromatic carbocycles. The van der Waals surface area contributed by atoms with E-state index in [-0.39, 0.29) is 11.7 Å². The topological polar surface area (TPSA) is 52.5 Å². The minimum atomic E-state index is -0.178. The van der Waals surface area contributed by atoms with Crippen LogP contribution in [0.5, 0.6) is 0 Å². The molecular formula is C25H26FN3O2. The van der Waals surface area contributed by atoms with Gasteiger partial charge in [-0.1, -0.05) is 31.2 Å². The third-order valence-corrected chi connectivity index (χ3v) is 5.56. The number of amides is 1. The van der Waals surface area contributed by atoms with E-state index >= 15 is 0 Å². The van der Waals surface area contributed by atoms with Gasteiger partial charge in [-0.05, 0) is 42.9 Å². The second-order valence-corrected chi connectivity index (χ2v) is 7.43. The minimum absolute atomic E-state index is 0.101. The van der Waals surface area contributed by atoms with E-state index in [1.54, 1.807) is 24.5 Å². The van der Waals surface area contributed by atoms with E-state index in [1.807, 2.05) is 41.4 Å². The smallest absolute Gasteiger partial charge is 0.254 e. The first-order valence-corrected chi connectivity index (χ1v) is 10.5. The molecule has 0 aliphatic carbocycles. The van der Waals surface area contributed by atoms with E-state index in [0.29, 0.717) is 0 Å². The van der Waals surface area contributed by atoms with Gasteiger partial charge in [-0.15, -0.1) is 0 Å². The number of carbonyl (C=O) groups excluding carboxylic acids is 1. The van der Waals surface area contributed by atoms with Gasteiger partial charge in [0.15, 0.2) is 0 Å². The molecule has 0 unspecified atom stereocenters. The quantitative estimate of drug-likeness (QED) is 0.507. The summed E-state index contributed by atoms with van der Waals surface area (Å²) in [5, 5.41) is 0.940. The third-order valence-electron chi connectivity index (χ3n) is 5.56. The van der Waals surface area contributed by atoms with Gasteiger partial charge >= 0.3 is 0 Å². The lowest BCUT2D eigenvalue weighted by Gasteiger charge is -2.34. The monoisotopic (exact) mass is 419 g/mol. The van der Waals surface area contributed by atoms with Crippen LogP contribution in [-0.2, 0) is 0 Å². The second kappa shape index (κ2) is 9.62. The summed E-state index contributed by atoms with van der Waals surface area (Å²) in [6, 6.07) is 17.6. The van der Waals surface area contributed by atoms with Gasteiger partial charge in [0.1, 0.15) is 11.6 Å². The highest BCUT2D eigenvalue weighted by Gasteiger charge is 2.24. The predicted octanol–water partition coefficient (Wildman–Crippen LogP) is 5.03. The Balaban J connectivity index is 0.000000282. The molecule has 0 spiro atoms. The van der Waals surface area contributed by atoms with Gasteiger partial charge in [0.25, 0.3) is 5.91 Å². The van der Waals surface area contributed by atoms with Crippen LogP contribution in [0.2, 0.25) is 0 Å². The van der Waals surface area contributed by atoms with E-state index < -0.39 is 0 Å². The van der Waals surface area contributed by atoms with Crippen LogP contribution < -0.4 is 0 Å². The normalized spacial score (nSPS) is 14.3. The van der Waals surface area contributed by atoms with Crippen molar-refractivity contribution in [1.82, 2.24) is 14.8 Å². The Morgan fingerprint density at radius 3 is 2.39 bits per heavy atom. The maximum Gasteiger partial charge on any atom is 0.254 e. The Bertz CT molecular complexity index is 1110. The summed E-state index contributed by atoms with van der Waals surface area (Å²) in [6.45, 7) is 6.64. The zero-order valence-electron chi connectivity index (χ0n) is 17.6. The van der Waals surface area contributed by atoms with Crippen molar-refractivity contribution in [2.24, 2.45) is 0 Å². The average molecular weight is 420 g/mol. The SMILES string of the molecule is CCN1CCN(C(=O)c2cccc3[nH]cc(-c4ccco4)c23)CC1.Fc1ccccc1. The largest absolute Gasteiger partial charge is 0.464 e. The fourth-order valence-corrected chi connectivity index (χ4v) is 3.84. The number of furan rings is 1. The van der Waals surface area contributed by atoms with Gasteiger partial charge in [-0.2, -0.15) is 0 Å².